The highest BCUT2D eigenvalue weighted by Crippen LogP contribution is 2.39. The summed E-state index contributed by atoms with van der Waals surface area (Å²) in [6.07, 6.45) is 1.37. The number of sulfonamides is 1. The van der Waals surface area contributed by atoms with Crippen molar-refractivity contribution in [3.63, 3.8) is 0 Å². The molecule has 16 heavy (non-hydrogen) atoms. The SMILES string of the molecule is O=S(=O)(NC1(CO)CC1)c1cc(Br)sc1Br. The molecule has 2 rings (SSSR count). The monoisotopic (exact) mass is 389 g/mol. The van der Waals surface area contributed by atoms with E-state index in [1.165, 1.54) is 11.3 Å². The second-order valence-electron chi connectivity index (χ2n) is 3.73. The summed E-state index contributed by atoms with van der Waals surface area (Å²) in [4.78, 5) is 0.212. The Hall–Kier alpha value is 0.530. The lowest BCUT2D eigenvalue weighted by molar-refractivity contribution is 0.246. The Morgan fingerprint density at radius 1 is 1.50 bits per heavy atom. The van der Waals surface area contributed by atoms with Crippen molar-refractivity contribution < 1.29 is 13.5 Å². The molecule has 2 N–H and O–H groups in total. The van der Waals surface area contributed by atoms with Crippen molar-refractivity contribution in [3.05, 3.63) is 13.6 Å². The van der Waals surface area contributed by atoms with Crippen molar-refractivity contribution in [2.45, 2.75) is 23.3 Å². The van der Waals surface area contributed by atoms with Crippen LogP contribution in [0, 0.1) is 0 Å². The molecule has 0 unspecified atom stereocenters. The van der Waals surface area contributed by atoms with Crippen molar-refractivity contribution in [3.8, 4) is 0 Å². The van der Waals surface area contributed by atoms with E-state index in [1.54, 1.807) is 6.07 Å². The van der Waals surface area contributed by atoms with Gasteiger partial charge in [-0.25, -0.2) is 13.1 Å². The van der Waals surface area contributed by atoms with E-state index in [1.807, 2.05) is 0 Å². The minimum atomic E-state index is -3.55. The van der Waals surface area contributed by atoms with Gasteiger partial charge in [-0.1, -0.05) is 0 Å². The summed E-state index contributed by atoms with van der Waals surface area (Å²) in [6.45, 7) is -0.158. The molecule has 0 atom stereocenters. The van der Waals surface area contributed by atoms with E-state index in [0.717, 1.165) is 3.79 Å². The van der Waals surface area contributed by atoms with Crippen molar-refractivity contribution in [1.82, 2.24) is 4.72 Å². The van der Waals surface area contributed by atoms with Gasteiger partial charge < -0.3 is 5.11 Å². The molecule has 1 fully saturated rings. The lowest BCUT2D eigenvalue weighted by atomic mass is 10.3. The van der Waals surface area contributed by atoms with Crippen LogP contribution in [-0.2, 0) is 10.0 Å². The quantitative estimate of drug-likeness (QED) is 0.826. The molecule has 1 aliphatic carbocycles. The van der Waals surface area contributed by atoms with Gasteiger partial charge in [0, 0.05) is 0 Å². The van der Waals surface area contributed by atoms with Gasteiger partial charge in [-0.2, -0.15) is 0 Å². The highest BCUT2D eigenvalue weighted by molar-refractivity contribution is 9.12. The summed E-state index contributed by atoms with van der Waals surface area (Å²) in [7, 11) is -3.55. The zero-order valence-corrected chi connectivity index (χ0v) is 12.8. The Labute approximate surface area is 114 Å². The predicted octanol–water partition coefficient (Wildman–Crippen LogP) is 2.08. The van der Waals surface area contributed by atoms with E-state index in [2.05, 4.69) is 36.6 Å². The largest absolute Gasteiger partial charge is 0.394 e. The minimum absolute atomic E-state index is 0.158. The maximum Gasteiger partial charge on any atom is 0.243 e. The van der Waals surface area contributed by atoms with Crippen LogP contribution in [-0.4, -0.2) is 25.7 Å². The molecule has 1 saturated carbocycles. The summed E-state index contributed by atoms with van der Waals surface area (Å²) in [5.41, 5.74) is -0.632. The Morgan fingerprint density at radius 3 is 2.50 bits per heavy atom. The normalized spacial score (nSPS) is 18.7. The standard InChI is InChI=1S/C8H9Br2NO3S2/c9-6-3-5(7(10)15-6)16(13,14)11-8(4-12)1-2-8/h3,11-12H,1-2,4H2. The average molecular weight is 391 g/mol. The van der Waals surface area contributed by atoms with Gasteiger partial charge in [0.25, 0.3) is 0 Å². The second kappa shape index (κ2) is 4.33. The van der Waals surface area contributed by atoms with Gasteiger partial charge in [0.2, 0.25) is 10.0 Å². The van der Waals surface area contributed by atoms with Crippen molar-refractivity contribution in [2.75, 3.05) is 6.61 Å². The zero-order chi connectivity index (χ0) is 12.0. The van der Waals surface area contributed by atoms with Crippen LogP contribution in [0.2, 0.25) is 0 Å². The number of thiophene rings is 1. The Kier molecular flexibility index (Phi) is 3.51. The maximum atomic E-state index is 12.0. The number of hydrogen-bond donors (Lipinski definition) is 2. The molecule has 1 heterocycles. The minimum Gasteiger partial charge on any atom is -0.394 e. The third kappa shape index (κ3) is 2.51. The molecule has 4 nitrogen and oxygen atoms in total. The van der Waals surface area contributed by atoms with Crippen LogP contribution >= 0.6 is 43.2 Å². The molecule has 0 bridgehead atoms. The number of aliphatic hydroxyl groups excluding tert-OH is 1. The molecule has 1 aliphatic rings. The summed E-state index contributed by atoms with van der Waals surface area (Å²) < 4.78 is 27.9. The zero-order valence-electron chi connectivity index (χ0n) is 8.03. The molecule has 0 radical (unpaired) electrons. The molecule has 8 heteroatoms. The topological polar surface area (TPSA) is 66.4 Å². The van der Waals surface area contributed by atoms with Crippen molar-refractivity contribution in [2.24, 2.45) is 0 Å². The van der Waals surface area contributed by atoms with Gasteiger partial charge in [0.1, 0.15) is 4.90 Å². The first kappa shape index (κ1) is 13.0. The van der Waals surface area contributed by atoms with Gasteiger partial charge in [-0.15, -0.1) is 11.3 Å². The average Bonchev–Trinajstić information content (AvgIpc) is 2.85. The van der Waals surface area contributed by atoms with Gasteiger partial charge in [0.05, 0.1) is 19.7 Å². The van der Waals surface area contributed by atoms with E-state index >= 15 is 0 Å². The molecular formula is C8H9Br2NO3S2. The Morgan fingerprint density at radius 2 is 2.12 bits per heavy atom. The molecule has 0 amide bonds. The van der Waals surface area contributed by atoms with Gasteiger partial charge in [-0.05, 0) is 50.8 Å². The van der Waals surface area contributed by atoms with Crippen LogP contribution < -0.4 is 4.72 Å². The lowest BCUT2D eigenvalue weighted by Crippen LogP contribution is -2.39. The van der Waals surface area contributed by atoms with E-state index in [9.17, 15) is 8.42 Å². The molecule has 1 aromatic heterocycles. The molecule has 0 aromatic carbocycles. The van der Waals surface area contributed by atoms with E-state index in [4.69, 9.17) is 5.11 Å². The molecule has 0 spiro atoms. The van der Waals surface area contributed by atoms with E-state index < -0.39 is 15.6 Å². The van der Waals surface area contributed by atoms with Gasteiger partial charge in [0.15, 0.2) is 0 Å². The van der Waals surface area contributed by atoms with Crippen LogP contribution in [0.1, 0.15) is 12.8 Å². The van der Waals surface area contributed by atoms with Crippen LogP contribution in [0.3, 0.4) is 0 Å². The van der Waals surface area contributed by atoms with Gasteiger partial charge in [-0.3, -0.25) is 0 Å². The molecule has 0 saturated heterocycles. The van der Waals surface area contributed by atoms with Crippen LogP contribution in [0.4, 0.5) is 0 Å². The highest BCUT2D eigenvalue weighted by atomic mass is 79.9. The maximum absolute atomic E-state index is 12.0. The third-order valence-electron chi connectivity index (χ3n) is 2.42. The third-order valence-corrected chi connectivity index (χ3v) is 6.76. The number of hydrogen-bond acceptors (Lipinski definition) is 4. The number of halogens is 2. The van der Waals surface area contributed by atoms with Crippen molar-refractivity contribution >= 4 is 53.2 Å². The first-order chi connectivity index (χ1) is 7.38. The molecular weight excluding hydrogens is 382 g/mol. The summed E-state index contributed by atoms with van der Waals surface area (Å²) in [6, 6.07) is 1.55. The summed E-state index contributed by atoms with van der Waals surface area (Å²) in [5.74, 6) is 0. The fourth-order valence-electron chi connectivity index (χ4n) is 1.29. The van der Waals surface area contributed by atoms with Gasteiger partial charge >= 0.3 is 0 Å². The second-order valence-corrected chi connectivity index (χ2v) is 9.13. The first-order valence-electron chi connectivity index (χ1n) is 4.48. The highest BCUT2D eigenvalue weighted by Gasteiger charge is 2.46. The van der Waals surface area contributed by atoms with Crippen molar-refractivity contribution in [1.29, 1.82) is 0 Å². The van der Waals surface area contributed by atoms with Crippen LogP contribution in [0.5, 0.6) is 0 Å². The van der Waals surface area contributed by atoms with Crippen LogP contribution in [0.15, 0.2) is 18.5 Å². The van der Waals surface area contributed by atoms with Crippen LogP contribution in [0.25, 0.3) is 0 Å². The summed E-state index contributed by atoms with van der Waals surface area (Å²) >= 11 is 7.75. The predicted molar refractivity (Wildman–Crippen MR) is 69.1 cm³/mol. The summed E-state index contributed by atoms with van der Waals surface area (Å²) in [5, 5.41) is 9.10. The number of aliphatic hydroxyl groups is 1. The fourth-order valence-corrected chi connectivity index (χ4v) is 6.56. The Bertz CT molecular complexity index is 507. The van der Waals surface area contributed by atoms with E-state index in [-0.39, 0.29) is 11.5 Å². The number of nitrogens with one attached hydrogen (secondary N) is 1. The molecule has 1 aromatic rings. The fraction of sp³-hybridized carbons (Fsp3) is 0.500. The smallest absolute Gasteiger partial charge is 0.243 e. The lowest BCUT2D eigenvalue weighted by Gasteiger charge is -2.13. The molecule has 90 valence electrons. The Balaban J connectivity index is 2.29. The molecule has 0 aliphatic heterocycles. The first-order valence-corrected chi connectivity index (χ1v) is 8.37. The number of rotatable bonds is 4. The van der Waals surface area contributed by atoms with E-state index in [0.29, 0.717) is 16.6 Å².